The minimum atomic E-state index is 0.0734. The van der Waals surface area contributed by atoms with Crippen molar-refractivity contribution in [2.75, 3.05) is 40.4 Å². The molecule has 156 valence electrons. The third kappa shape index (κ3) is 6.82. The van der Waals surface area contributed by atoms with Crippen LogP contribution in [-0.4, -0.2) is 57.2 Å². The van der Waals surface area contributed by atoms with Gasteiger partial charge in [-0.2, -0.15) is 0 Å². The number of nitrogens with one attached hydrogen (secondary N) is 2. The molecule has 0 radical (unpaired) electrons. The van der Waals surface area contributed by atoms with Gasteiger partial charge in [-0.1, -0.05) is 43.2 Å². The summed E-state index contributed by atoms with van der Waals surface area (Å²) in [5.74, 6) is 0.761. The first-order valence-electron chi connectivity index (χ1n) is 10.4. The summed E-state index contributed by atoms with van der Waals surface area (Å²) < 4.78 is 5.30. The Morgan fingerprint density at radius 2 is 1.93 bits per heavy atom. The van der Waals surface area contributed by atoms with Crippen LogP contribution in [-0.2, 0) is 16.1 Å². The Morgan fingerprint density at radius 1 is 1.21 bits per heavy atom. The number of amides is 1. The van der Waals surface area contributed by atoms with Gasteiger partial charge in [0.2, 0.25) is 5.91 Å². The fourth-order valence-corrected chi connectivity index (χ4v) is 3.90. The van der Waals surface area contributed by atoms with Crippen molar-refractivity contribution in [2.24, 2.45) is 10.4 Å². The summed E-state index contributed by atoms with van der Waals surface area (Å²) in [6, 6.07) is 10.1. The number of nitrogens with zero attached hydrogens (tertiary/aromatic N) is 2. The number of benzene rings is 1. The summed E-state index contributed by atoms with van der Waals surface area (Å²) in [6.45, 7) is 5.22. The largest absolute Gasteiger partial charge is 0.385 e. The lowest BCUT2D eigenvalue weighted by Crippen LogP contribution is -2.47. The SMILES string of the molecule is CCN(Cc1ccccc1)C(=O)CNC(=NC)NCC1(CCOC)CCCC1. The topological polar surface area (TPSA) is 66.0 Å². The van der Waals surface area contributed by atoms with E-state index in [-0.39, 0.29) is 17.9 Å². The molecule has 0 atom stereocenters. The molecule has 28 heavy (non-hydrogen) atoms. The maximum atomic E-state index is 12.6. The van der Waals surface area contributed by atoms with Crippen molar-refractivity contribution in [1.82, 2.24) is 15.5 Å². The number of hydrogen-bond acceptors (Lipinski definition) is 3. The molecule has 2 rings (SSSR count). The molecule has 0 aliphatic heterocycles. The lowest BCUT2D eigenvalue weighted by Gasteiger charge is -2.30. The van der Waals surface area contributed by atoms with Gasteiger partial charge in [-0.05, 0) is 37.2 Å². The van der Waals surface area contributed by atoms with Gasteiger partial charge >= 0.3 is 0 Å². The van der Waals surface area contributed by atoms with Gasteiger partial charge < -0.3 is 20.3 Å². The number of carbonyl (C=O) groups is 1. The number of likely N-dealkylation sites (N-methyl/N-ethyl adjacent to an activating group) is 1. The van der Waals surface area contributed by atoms with Crippen LogP contribution in [0.4, 0.5) is 0 Å². The van der Waals surface area contributed by atoms with Crippen LogP contribution in [0.25, 0.3) is 0 Å². The summed E-state index contributed by atoms with van der Waals surface area (Å²) in [5.41, 5.74) is 1.42. The van der Waals surface area contributed by atoms with Crippen LogP contribution >= 0.6 is 0 Å². The van der Waals surface area contributed by atoms with E-state index in [1.54, 1.807) is 14.2 Å². The second kappa shape index (κ2) is 11.7. The van der Waals surface area contributed by atoms with Crippen molar-refractivity contribution < 1.29 is 9.53 Å². The van der Waals surface area contributed by atoms with E-state index >= 15 is 0 Å². The molecule has 0 heterocycles. The molecule has 1 aromatic rings. The third-order valence-electron chi connectivity index (χ3n) is 5.71. The van der Waals surface area contributed by atoms with E-state index in [0.717, 1.165) is 25.1 Å². The summed E-state index contributed by atoms with van der Waals surface area (Å²) in [5, 5.41) is 6.62. The Labute approximate surface area is 169 Å². The quantitative estimate of drug-likeness (QED) is 0.478. The van der Waals surface area contributed by atoms with Crippen molar-refractivity contribution in [3.8, 4) is 0 Å². The highest BCUT2D eigenvalue weighted by Crippen LogP contribution is 2.40. The van der Waals surface area contributed by atoms with Gasteiger partial charge in [-0.15, -0.1) is 0 Å². The lowest BCUT2D eigenvalue weighted by atomic mass is 9.83. The number of hydrogen-bond donors (Lipinski definition) is 2. The van der Waals surface area contributed by atoms with Crippen molar-refractivity contribution in [3.63, 3.8) is 0 Å². The van der Waals surface area contributed by atoms with Crippen molar-refractivity contribution >= 4 is 11.9 Å². The van der Waals surface area contributed by atoms with Gasteiger partial charge in [-0.25, -0.2) is 0 Å². The molecule has 0 spiro atoms. The minimum absolute atomic E-state index is 0.0734. The molecule has 1 fully saturated rings. The first-order chi connectivity index (χ1) is 13.6. The molecular weight excluding hydrogens is 352 g/mol. The minimum Gasteiger partial charge on any atom is -0.385 e. The zero-order valence-corrected chi connectivity index (χ0v) is 17.7. The number of guanidine groups is 1. The number of aliphatic imine (C=N–C) groups is 1. The Morgan fingerprint density at radius 3 is 2.54 bits per heavy atom. The highest BCUT2D eigenvalue weighted by atomic mass is 16.5. The van der Waals surface area contributed by atoms with Crippen molar-refractivity contribution in [1.29, 1.82) is 0 Å². The average Bonchev–Trinajstić information content (AvgIpc) is 3.20. The smallest absolute Gasteiger partial charge is 0.242 e. The molecule has 1 amide bonds. The van der Waals surface area contributed by atoms with E-state index in [2.05, 4.69) is 15.6 Å². The second-order valence-electron chi connectivity index (χ2n) is 7.62. The van der Waals surface area contributed by atoms with E-state index in [1.165, 1.54) is 25.7 Å². The molecule has 0 unspecified atom stereocenters. The molecular formula is C22H36N4O2. The molecule has 0 bridgehead atoms. The van der Waals surface area contributed by atoms with E-state index in [1.807, 2.05) is 42.2 Å². The molecule has 1 saturated carbocycles. The van der Waals surface area contributed by atoms with Gasteiger partial charge in [0.25, 0.3) is 0 Å². The Hall–Kier alpha value is -2.08. The molecule has 1 aromatic carbocycles. The highest BCUT2D eigenvalue weighted by molar-refractivity contribution is 5.86. The zero-order valence-electron chi connectivity index (χ0n) is 17.7. The molecule has 6 nitrogen and oxygen atoms in total. The Kier molecular flexibility index (Phi) is 9.28. The van der Waals surface area contributed by atoms with Crippen molar-refractivity contribution in [3.05, 3.63) is 35.9 Å². The number of carbonyl (C=O) groups excluding carboxylic acids is 1. The Bertz CT molecular complexity index is 612. The standard InChI is InChI=1S/C22H36N4O2/c1-4-26(17-19-10-6-5-7-11-19)20(27)16-24-21(23-2)25-18-22(14-15-28-3)12-8-9-13-22/h5-7,10-11H,4,8-9,12-18H2,1-3H3,(H2,23,24,25). The zero-order chi connectivity index (χ0) is 20.2. The maximum absolute atomic E-state index is 12.6. The van der Waals surface area contributed by atoms with Crippen LogP contribution in [0.2, 0.25) is 0 Å². The highest BCUT2D eigenvalue weighted by Gasteiger charge is 2.33. The van der Waals surface area contributed by atoms with Crippen LogP contribution in [0.5, 0.6) is 0 Å². The van der Waals surface area contributed by atoms with Gasteiger partial charge in [0.1, 0.15) is 0 Å². The molecule has 2 N–H and O–H groups in total. The number of ether oxygens (including phenoxy) is 1. The van der Waals surface area contributed by atoms with Crippen LogP contribution in [0, 0.1) is 5.41 Å². The van der Waals surface area contributed by atoms with Gasteiger partial charge in [0, 0.05) is 40.4 Å². The predicted octanol–water partition coefficient (Wildman–Crippen LogP) is 2.80. The average molecular weight is 389 g/mol. The van der Waals surface area contributed by atoms with Crippen LogP contribution < -0.4 is 10.6 Å². The molecule has 6 heteroatoms. The van der Waals surface area contributed by atoms with E-state index in [9.17, 15) is 4.79 Å². The van der Waals surface area contributed by atoms with Crippen LogP contribution in [0.15, 0.2) is 35.3 Å². The summed E-state index contributed by atoms with van der Waals surface area (Å²) in [7, 11) is 3.51. The molecule has 1 aliphatic carbocycles. The molecule has 0 saturated heterocycles. The molecule has 0 aromatic heterocycles. The number of methoxy groups -OCH3 is 1. The van der Waals surface area contributed by atoms with Crippen molar-refractivity contribution in [2.45, 2.75) is 45.6 Å². The van der Waals surface area contributed by atoms with Crippen LogP contribution in [0.3, 0.4) is 0 Å². The third-order valence-corrected chi connectivity index (χ3v) is 5.71. The summed E-state index contributed by atoms with van der Waals surface area (Å²) in [4.78, 5) is 18.8. The van der Waals surface area contributed by atoms with E-state index in [4.69, 9.17) is 4.74 Å². The van der Waals surface area contributed by atoms with E-state index < -0.39 is 0 Å². The second-order valence-corrected chi connectivity index (χ2v) is 7.62. The Balaban J connectivity index is 1.82. The first-order valence-corrected chi connectivity index (χ1v) is 10.4. The summed E-state index contributed by atoms with van der Waals surface area (Å²) >= 11 is 0. The lowest BCUT2D eigenvalue weighted by molar-refractivity contribution is -0.130. The fraction of sp³-hybridized carbons (Fsp3) is 0.636. The van der Waals surface area contributed by atoms with Gasteiger partial charge in [0.15, 0.2) is 5.96 Å². The molecule has 1 aliphatic rings. The van der Waals surface area contributed by atoms with Gasteiger partial charge in [0.05, 0.1) is 6.54 Å². The summed E-state index contributed by atoms with van der Waals surface area (Å²) in [6.07, 6.45) is 6.06. The fourth-order valence-electron chi connectivity index (χ4n) is 3.90. The van der Waals surface area contributed by atoms with E-state index in [0.29, 0.717) is 19.0 Å². The number of rotatable bonds is 10. The normalized spacial score (nSPS) is 16.0. The monoisotopic (exact) mass is 388 g/mol. The first kappa shape index (κ1) is 22.2. The van der Waals surface area contributed by atoms with Crippen LogP contribution in [0.1, 0.15) is 44.6 Å². The van der Waals surface area contributed by atoms with Gasteiger partial charge in [-0.3, -0.25) is 9.79 Å². The maximum Gasteiger partial charge on any atom is 0.242 e. The predicted molar refractivity (Wildman–Crippen MR) is 114 cm³/mol.